The maximum atomic E-state index is 5.51. The van der Waals surface area contributed by atoms with E-state index in [1.54, 1.807) is 42.7 Å². The van der Waals surface area contributed by atoms with Crippen molar-refractivity contribution < 1.29 is 28.4 Å². The minimum absolute atomic E-state index is 0.243. The SMILES string of the molecule is COc1cc([C@H]2SC[C@H](c3cc(OC)c(OC)c(OC)c3)S2)cc(OC)c1OC. The summed E-state index contributed by atoms with van der Waals surface area (Å²) >= 11 is 3.76. The zero-order chi connectivity index (χ0) is 21.0. The first-order valence-corrected chi connectivity index (χ1v) is 11.0. The molecule has 0 unspecified atom stereocenters. The molecule has 0 bridgehead atoms. The third-order valence-corrected chi connectivity index (χ3v) is 8.04. The summed E-state index contributed by atoms with van der Waals surface area (Å²) < 4.78 is 33.1. The van der Waals surface area contributed by atoms with Gasteiger partial charge in [-0.05, 0) is 35.4 Å². The normalized spacial score (nSPS) is 18.3. The lowest BCUT2D eigenvalue weighted by Crippen LogP contribution is -1.99. The molecule has 3 rings (SSSR count). The van der Waals surface area contributed by atoms with Gasteiger partial charge >= 0.3 is 0 Å². The third-order valence-electron chi connectivity index (χ3n) is 4.70. The Bertz CT molecular complexity index is 738. The molecule has 1 aliphatic heterocycles. The van der Waals surface area contributed by atoms with Crippen molar-refractivity contribution in [2.45, 2.75) is 9.83 Å². The van der Waals surface area contributed by atoms with Gasteiger partial charge in [-0.25, -0.2) is 0 Å². The minimum Gasteiger partial charge on any atom is -0.493 e. The molecule has 1 heterocycles. The van der Waals surface area contributed by atoms with Crippen molar-refractivity contribution in [1.82, 2.24) is 0 Å². The molecule has 0 radical (unpaired) electrons. The summed E-state index contributed by atoms with van der Waals surface area (Å²) in [7, 11) is 9.76. The molecule has 0 aromatic heterocycles. The molecule has 8 heteroatoms. The summed E-state index contributed by atoms with van der Waals surface area (Å²) in [6.45, 7) is 0. The molecule has 6 nitrogen and oxygen atoms in total. The van der Waals surface area contributed by atoms with Crippen molar-refractivity contribution in [2.24, 2.45) is 0 Å². The van der Waals surface area contributed by atoms with Crippen LogP contribution in [-0.2, 0) is 0 Å². The van der Waals surface area contributed by atoms with Gasteiger partial charge < -0.3 is 28.4 Å². The van der Waals surface area contributed by atoms with Gasteiger partial charge in [-0.15, -0.1) is 23.5 Å². The third kappa shape index (κ3) is 4.28. The van der Waals surface area contributed by atoms with Crippen LogP contribution in [0.5, 0.6) is 34.5 Å². The Labute approximate surface area is 180 Å². The Morgan fingerprint density at radius 1 is 0.621 bits per heavy atom. The van der Waals surface area contributed by atoms with E-state index in [0.29, 0.717) is 34.5 Å². The molecule has 2 aromatic carbocycles. The number of hydrogen-bond acceptors (Lipinski definition) is 8. The Morgan fingerprint density at radius 2 is 1.03 bits per heavy atom. The molecule has 29 heavy (non-hydrogen) atoms. The molecule has 0 amide bonds. The Hall–Kier alpha value is -2.06. The lowest BCUT2D eigenvalue weighted by Gasteiger charge is -2.18. The van der Waals surface area contributed by atoms with Gasteiger partial charge in [-0.2, -0.15) is 0 Å². The average Bonchev–Trinajstić information content (AvgIpc) is 3.27. The first-order chi connectivity index (χ1) is 14.1. The summed E-state index contributed by atoms with van der Waals surface area (Å²) in [4.78, 5) is 0. The molecule has 2 atom stereocenters. The second-order valence-corrected chi connectivity index (χ2v) is 8.96. The fourth-order valence-electron chi connectivity index (χ4n) is 3.28. The van der Waals surface area contributed by atoms with Crippen LogP contribution in [0.4, 0.5) is 0 Å². The van der Waals surface area contributed by atoms with Crippen LogP contribution in [0.3, 0.4) is 0 Å². The van der Waals surface area contributed by atoms with E-state index in [9.17, 15) is 0 Å². The average molecular weight is 439 g/mol. The molecule has 158 valence electrons. The van der Waals surface area contributed by atoms with Crippen molar-refractivity contribution in [3.05, 3.63) is 35.4 Å². The molecular formula is C21H26O6S2. The molecule has 1 aliphatic rings. The highest BCUT2D eigenvalue weighted by atomic mass is 32.2. The summed E-state index contributed by atoms with van der Waals surface area (Å²) in [6, 6.07) is 8.08. The lowest BCUT2D eigenvalue weighted by molar-refractivity contribution is 0.324. The van der Waals surface area contributed by atoms with Gasteiger partial charge in [0, 0.05) is 11.0 Å². The van der Waals surface area contributed by atoms with E-state index in [4.69, 9.17) is 28.4 Å². The van der Waals surface area contributed by atoms with E-state index in [1.807, 2.05) is 47.8 Å². The van der Waals surface area contributed by atoms with Gasteiger partial charge in [0.2, 0.25) is 11.5 Å². The van der Waals surface area contributed by atoms with Crippen LogP contribution in [0.2, 0.25) is 0 Å². The van der Waals surface area contributed by atoms with E-state index in [1.165, 1.54) is 0 Å². The molecule has 1 fully saturated rings. The molecule has 0 spiro atoms. The fourth-order valence-corrected chi connectivity index (χ4v) is 6.53. The minimum atomic E-state index is 0.243. The predicted octanol–water partition coefficient (Wildman–Crippen LogP) is 4.96. The van der Waals surface area contributed by atoms with E-state index < -0.39 is 0 Å². The van der Waals surface area contributed by atoms with Crippen molar-refractivity contribution in [1.29, 1.82) is 0 Å². The lowest BCUT2D eigenvalue weighted by atomic mass is 10.1. The van der Waals surface area contributed by atoms with Gasteiger partial charge in [0.25, 0.3) is 0 Å². The van der Waals surface area contributed by atoms with E-state index in [-0.39, 0.29) is 9.83 Å². The summed E-state index contributed by atoms with van der Waals surface area (Å²) in [5, 5.41) is 0.290. The van der Waals surface area contributed by atoms with E-state index in [2.05, 4.69) is 0 Å². The second kappa shape index (κ2) is 9.63. The number of methoxy groups -OCH3 is 6. The zero-order valence-corrected chi connectivity index (χ0v) is 19.1. The fraction of sp³-hybridized carbons (Fsp3) is 0.429. The van der Waals surface area contributed by atoms with Crippen LogP contribution in [0.1, 0.15) is 21.0 Å². The number of thioether (sulfide) groups is 2. The van der Waals surface area contributed by atoms with Crippen LogP contribution < -0.4 is 28.4 Å². The Balaban J connectivity index is 1.89. The largest absolute Gasteiger partial charge is 0.493 e. The first kappa shape index (κ1) is 21.6. The van der Waals surface area contributed by atoms with Gasteiger partial charge in [-0.3, -0.25) is 0 Å². The quantitative estimate of drug-likeness (QED) is 0.573. The van der Waals surface area contributed by atoms with Crippen LogP contribution in [0.25, 0.3) is 0 Å². The van der Waals surface area contributed by atoms with Crippen LogP contribution in [0, 0.1) is 0 Å². The number of hydrogen-bond donors (Lipinski definition) is 0. The molecular weight excluding hydrogens is 412 g/mol. The highest BCUT2D eigenvalue weighted by Crippen LogP contribution is 2.58. The topological polar surface area (TPSA) is 55.4 Å². The van der Waals surface area contributed by atoms with E-state index in [0.717, 1.165) is 16.9 Å². The number of ether oxygens (including phenoxy) is 6. The van der Waals surface area contributed by atoms with Crippen LogP contribution in [-0.4, -0.2) is 48.4 Å². The molecule has 1 saturated heterocycles. The molecule has 2 aromatic rings. The summed E-state index contributed by atoms with van der Waals surface area (Å²) in [5.41, 5.74) is 2.27. The number of rotatable bonds is 8. The van der Waals surface area contributed by atoms with Gasteiger partial charge in [0.05, 0.1) is 47.2 Å². The first-order valence-electron chi connectivity index (χ1n) is 8.97. The zero-order valence-electron chi connectivity index (χ0n) is 17.4. The standard InChI is InChI=1S/C21H26O6S2/c1-22-14-7-12(8-15(23-2)19(14)26-5)18-11-28-21(29-18)13-9-16(24-3)20(27-6)17(10-13)25-4/h7-10,18,21H,11H2,1-6H3/t18-,21+/m1/s1. The highest BCUT2D eigenvalue weighted by molar-refractivity contribution is 8.19. The van der Waals surface area contributed by atoms with Crippen molar-refractivity contribution in [3.8, 4) is 34.5 Å². The molecule has 0 saturated carbocycles. The van der Waals surface area contributed by atoms with Crippen molar-refractivity contribution >= 4 is 23.5 Å². The Morgan fingerprint density at radius 3 is 1.41 bits per heavy atom. The molecule has 0 N–H and O–H groups in total. The second-order valence-electron chi connectivity index (χ2n) is 6.21. The van der Waals surface area contributed by atoms with Gasteiger partial charge in [-0.1, -0.05) is 0 Å². The van der Waals surface area contributed by atoms with Gasteiger partial charge in [0.15, 0.2) is 23.0 Å². The highest BCUT2D eigenvalue weighted by Gasteiger charge is 2.31. The van der Waals surface area contributed by atoms with Gasteiger partial charge in [0.1, 0.15) is 0 Å². The monoisotopic (exact) mass is 438 g/mol. The van der Waals surface area contributed by atoms with Crippen molar-refractivity contribution in [2.75, 3.05) is 48.4 Å². The van der Waals surface area contributed by atoms with Crippen LogP contribution >= 0.6 is 23.5 Å². The smallest absolute Gasteiger partial charge is 0.203 e. The van der Waals surface area contributed by atoms with Crippen LogP contribution in [0.15, 0.2) is 24.3 Å². The maximum Gasteiger partial charge on any atom is 0.203 e. The Kier molecular flexibility index (Phi) is 7.18. The number of benzene rings is 2. The maximum absolute atomic E-state index is 5.51. The molecule has 0 aliphatic carbocycles. The summed E-state index contributed by atoms with van der Waals surface area (Å²) in [5.74, 6) is 4.85. The summed E-state index contributed by atoms with van der Waals surface area (Å²) in [6.07, 6.45) is 0. The van der Waals surface area contributed by atoms with Crippen molar-refractivity contribution in [3.63, 3.8) is 0 Å². The predicted molar refractivity (Wildman–Crippen MR) is 118 cm³/mol. The van der Waals surface area contributed by atoms with E-state index >= 15 is 0 Å².